The Morgan fingerprint density at radius 2 is 1.38 bits per heavy atom. The van der Waals surface area contributed by atoms with E-state index in [0.717, 1.165) is 48.1 Å². The first-order valence-electron chi connectivity index (χ1n) is 8.67. The highest BCUT2D eigenvalue weighted by Crippen LogP contribution is 2.48. The lowest BCUT2D eigenvalue weighted by atomic mass is 10.1. The Bertz CT molecular complexity index is 676. The lowest BCUT2D eigenvalue weighted by Crippen LogP contribution is -2.47. The van der Waals surface area contributed by atoms with Crippen LogP contribution in [0.3, 0.4) is 0 Å². The van der Waals surface area contributed by atoms with Crippen molar-refractivity contribution in [3.8, 4) is 0 Å². The molecule has 1 saturated heterocycles. The van der Waals surface area contributed by atoms with Crippen LogP contribution in [-0.4, -0.2) is 37.6 Å². The third-order valence-corrected chi connectivity index (χ3v) is 5.78. The Kier molecular flexibility index (Phi) is 4.71. The van der Waals surface area contributed by atoms with Crippen molar-refractivity contribution in [3.05, 3.63) is 64.1 Å². The van der Waals surface area contributed by atoms with Crippen LogP contribution in [0.1, 0.15) is 17.9 Å². The molecular formula is C20H22Cl2N2. The van der Waals surface area contributed by atoms with E-state index in [0.29, 0.717) is 0 Å². The van der Waals surface area contributed by atoms with Crippen molar-refractivity contribution in [1.29, 1.82) is 0 Å². The van der Waals surface area contributed by atoms with Gasteiger partial charge in [0.2, 0.25) is 0 Å². The van der Waals surface area contributed by atoms with E-state index in [2.05, 4.69) is 34.1 Å². The number of hydrogen-bond acceptors (Lipinski definition) is 2. The Hall–Kier alpha value is -1.22. The summed E-state index contributed by atoms with van der Waals surface area (Å²) in [6.07, 6.45) is 1.32. The average Bonchev–Trinajstić information content (AvgIpc) is 3.36. The van der Waals surface area contributed by atoms with Gasteiger partial charge in [-0.25, -0.2) is 0 Å². The number of rotatable bonds is 4. The van der Waals surface area contributed by atoms with Gasteiger partial charge in [-0.2, -0.15) is 0 Å². The molecule has 0 bridgehead atoms. The first-order chi connectivity index (χ1) is 11.7. The van der Waals surface area contributed by atoms with Crippen LogP contribution >= 0.6 is 23.2 Å². The fraction of sp³-hybridized carbons (Fsp3) is 0.400. The molecule has 1 aliphatic carbocycles. The largest absolute Gasteiger partial charge is 0.369 e. The van der Waals surface area contributed by atoms with Crippen molar-refractivity contribution >= 4 is 28.9 Å². The monoisotopic (exact) mass is 360 g/mol. The van der Waals surface area contributed by atoms with Gasteiger partial charge in [-0.1, -0.05) is 35.3 Å². The molecule has 0 unspecified atom stereocenters. The highest BCUT2D eigenvalue weighted by Gasteiger charge is 2.39. The molecule has 2 aliphatic rings. The summed E-state index contributed by atoms with van der Waals surface area (Å²) < 4.78 is 0. The molecule has 0 amide bonds. The summed E-state index contributed by atoms with van der Waals surface area (Å²) in [4.78, 5) is 5.07. The number of anilines is 1. The smallest absolute Gasteiger partial charge is 0.0407 e. The predicted molar refractivity (Wildman–Crippen MR) is 102 cm³/mol. The van der Waals surface area contributed by atoms with Gasteiger partial charge in [0, 0.05) is 48.5 Å². The van der Waals surface area contributed by atoms with E-state index in [1.165, 1.54) is 24.2 Å². The summed E-state index contributed by atoms with van der Waals surface area (Å²) in [6, 6.07) is 16.6. The third kappa shape index (κ3) is 3.72. The van der Waals surface area contributed by atoms with Crippen LogP contribution in [-0.2, 0) is 0 Å². The molecule has 4 rings (SSSR count). The first kappa shape index (κ1) is 16.3. The van der Waals surface area contributed by atoms with Crippen molar-refractivity contribution in [1.82, 2.24) is 4.90 Å². The van der Waals surface area contributed by atoms with Gasteiger partial charge in [0.15, 0.2) is 0 Å². The van der Waals surface area contributed by atoms with Gasteiger partial charge < -0.3 is 4.90 Å². The summed E-state index contributed by atoms with van der Waals surface area (Å²) in [5.41, 5.74) is 2.73. The number of hydrogen-bond donors (Lipinski definition) is 0. The molecule has 24 heavy (non-hydrogen) atoms. The minimum absolute atomic E-state index is 0.733. The molecule has 1 aliphatic heterocycles. The standard InChI is InChI=1S/C20H22Cl2N2/c21-17-3-1-15(2-4-17)20-13-16(20)14-23-9-11-24(12-10-23)19-7-5-18(22)6-8-19/h1-8,16,20H,9-14H2/t16-,20-/m0/s1. The Balaban J connectivity index is 1.27. The zero-order valence-corrected chi connectivity index (χ0v) is 15.2. The number of halogens is 2. The molecule has 0 radical (unpaired) electrons. The minimum Gasteiger partial charge on any atom is -0.369 e. The number of benzene rings is 2. The van der Waals surface area contributed by atoms with E-state index >= 15 is 0 Å². The zero-order valence-electron chi connectivity index (χ0n) is 13.7. The van der Waals surface area contributed by atoms with Crippen LogP contribution in [0.25, 0.3) is 0 Å². The van der Waals surface area contributed by atoms with E-state index in [-0.39, 0.29) is 0 Å². The van der Waals surface area contributed by atoms with Crippen LogP contribution in [0, 0.1) is 5.92 Å². The van der Waals surface area contributed by atoms with Crippen molar-refractivity contribution in [2.75, 3.05) is 37.6 Å². The van der Waals surface area contributed by atoms with Crippen LogP contribution in [0.2, 0.25) is 10.0 Å². The maximum atomic E-state index is 5.98. The van der Waals surface area contributed by atoms with Crippen LogP contribution in [0.4, 0.5) is 5.69 Å². The van der Waals surface area contributed by atoms with Crippen LogP contribution in [0.5, 0.6) is 0 Å². The van der Waals surface area contributed by atoms with Gasteiger partial charge in [-0.15, -0.1) is 0 Å². The van der Waals surface area contributed by atoms with Gasteiger partial charge in [0.1, 0.15) is 0 Å². The molecule has 126 valence electrons. The maximum Gasteiger partial charge on any atom is 0.0407 e. The van der Waals surface area contributed by atoms with E-state index in [4.69, 9.17) is 23.2 Å². The molecule has 2 atom stereocenters. The van der Waals surface area contributed by atoms with Crippen molar-refractivity contribution in [2.45, 2.75) is 12.3 Å². The SMILES string of the molecule is Clc1ccc([C@@H]2C[C@H]2CN2CCN(c3ccc(Cl)cc3)CC2)cc1. The van der Waals surface area contributed by atoms with E-state index in [1.807, 2.05) is 24.3 Å². The second kappa shape index (κ2) is 6.95. The fourth-order valence-corrected chi connectivity index (χ4v) is 3.99. The molecule has 2 aromatic rings. The molecule has 0 N–H and O–H groups in total. The van der Waals surface area contributed by atoms with Crippen molar-refractivity contribution < 1.29 is 0 Å². The third-order valence-electron chi connectivity index (χ3n) is 5.28. The number of nitrogens with zero attached hydrogens (tertiary/aromatic N) is 2. The van der Waals surface area contributed by atoms with E-state index in [9.17, 15) is 0 Å². The quantitative estimate of drug-likeness (QED) is 0.763. The lowest BCUT2D eigenvalue weighted by molar-refractivity contribution is 0.246. The van der Waals surface area contributed by atoms with Gasteiger partial charge >= 0.3 is 0 Å². The summed E-state index contributed by atoms with van der Waals surface area (Å²) in [5, 5.41) is 1.63. The Labute approximate surface area is 154 Å². The second-order valence-corrected chi connectivity index (χ2v) is 7.79. The van der Waals surface area contributed by atoms with Crippen molar-refractivity contribution in [2.24, 2.45) is 5.92 Å². The molecule has 2 fully saturated rings. The van der Waals surface area contributed by atoms with Crippen LogP contribution in [0.15, 0.2) is 48.5 Å². The normalized spacial score (nSPS) is 24.2. The average molecular weight is 361 g/mol. The van der Waals surface area contributed by atoms with Gasteiger partial charge in [-0.05, 0) is 60.2 Å². The topological polar surface area (TPSA) is 6.48 Å². The molecular weight excluding hydrogens is 339 g/mol. The van der Waals surface area contributed by atoms with E-state index in [1.54, 1.807) is 0 Å². The molecule has 0 aromatic heterocycles. The highest BCUT2D eigenvalue weighted by atomic mass is 35.5. The minimum atomic E-state index is 0.733. The summed E-state index contributed by atoms with van der Waals surface area (Å²) in [5.74, 6) is 1.55. The predicted octanol–water partition coefficient (Wildman–Crippen LogP) is 4.92. The Morgan fingerprint density at radius 1 is 0.792 bits per heavy atom. The van der Waals surface area contributed by atoms with Crippen molar-refractivity contribution in [3.63, 3.8) is 0 Å². The van der Waals surface area contributed by atoms with Crippen LogP contribution < -0.4 is 4.90 Å². The van der Waals surface area contributed by atoms with E-state index < -0.39 is 0 Å². The second-order valence-electron chi connectivity index (χ2n) is 6.92. The fourth-order valence-electron chi connectivity index (χ4n) is 3.74. The lowest BCUT2D eigenvalue weighted by Gasteiger charge is -2.36. The Morgan fingerprint density at radius 3 is 2.00 bits per heavy atom. The molecule has 4 heteroatoms. The highest BCUT2D eigenvalue weighted by molar-refractivity contribution is 6.30. The summed E-state index contributed by atoms with van der Waals surface area (Å²) >= 11 is 12.0. The van der Waals surface area contributed by atoms with Gasteiger partial charge in [0.05, 0.1) is 0 Å². The van der Waals surface area contributed by atoms with Gasteiger partial charge in [-0.3, -0.25) is 4.90 Å². The molecule has 0 spiro atoms. The summed E-state index contributed by atoms with van der Waals surface area (Å²) in [6.45, 7) is 5.71. The molecule has 2 aromatic carbocycles. The molecule has 1 heterocycles. The first-order valence-corrected chi connectivity index (χ1v) is 9.43. The molecule has 1 saturated carbocycles. The molecule has 2 nitrogen and oxygen atoms in total. The number of piperazine rings is 1. The zero-order chi connectivity index (χ0) is 16.5. The van der Waals surface area contributed by atoms with Gasteiger partial charge in [0.25, 0.3) is 0 Å². The summed E-state index contributed by atoms with van der Waals surface area (Å²) in [7, 11) is 0. The maximum absolute atomic E-state index is 5.98.